The highest BCUT2D eigenvalue weighted by Gasteiger charge is 2.22. The average molecular weight is 391 g/mol. The van der Waals surface area contributed by atoms with Crippen molar-refractivity contribution in [3.05, 3.63) is 59.7 Å². The standard InChI is InChI=1S/C20H26N2O4S/c1-15-10-11-19(26-4)20(14-15)27(24,25)21-12-13-22(17(3)23)16(2)18-8-6-5-7-9-18/h5-11,14,16,21H,12-13H2,1-4H3. The van der Waals surface area contributed by atoms with E-state index in [0.29, 0.717) is 0 Å². The largest absolute Gasteiger partial charge is 0.495 e. The maximum atomic E-state index is 12.7. The summed E-state index contributed by atoms with van der Waals surface area (Å²) >= 11 is 0. The fraction of sp³-hybridized carbons (Fsp3) is 0.350. The van der Waals surface area contributed by atoms with Crippen LogP contribution in [0.1, 0.15) is 31.0 Å². The van der Waals surface area contributed by atoms with Crippen LogP contribution >= 0.6 is 0 Å². The topological polar surface area (TPSA) is 75.7 Å². The predicted molar refractivity (Wildman–Crippen MR) is 105 cm³/mol. The van der Waals surface area contributed by atoms with Crippen LogP contribution in [-0.2, 0) is 14.8 Å². The summed E-state index contributed by atoms with van der Waals surface area (Å²) in [4.78, 5) is 13.8. The van der Waals surface area contributed by atoms with Gasteiger partial charge in [-0.3, -0.25) is 4.79 Å². The van der Waals surface area contributed by atoms with E-state index in [-0.39, 0.29) is 35.7 Å². The van der Waals surface area contributed by atoms with E-state index in [1.807, 2.05) is 44.2 Å². The van der Waals surface area contributed by atoms with Gasteiger partial charge in [-0.25, -0.2) is 13.1 Å². The number of aryl methyl sites for hydroxylation is 1. The number of nitrogens with zero attached hydrogens (tertiary/aromatic N) is 1. The molecule has 0 aliphatic rings. The molecule has 0 aliphatic carbocycles. The van der Waals surface area contributed by atoms with Crippen LogP contribution < -0.4 is 9.46 Å². The molecule has 0 fully saturated rings. The van der Waals surface area contributed by atoms with E-state index in [1.54, 1.807) is 23.1 Å². The van der Waals surface area contributed by atoms with Crippen LogP contribution in [-0.4, -0.2) is 39.4 Å². The molecule has 0 aromatic heterocycles. The van der Waals surface area contributed by atoms with Crippen LogP contribution in [0.15, 0.2) is 53.4 Å². The minimum atomic E-state index is -3.75. The first-order valence-electron chi connectivity index (χ1n) is 8.72. The van der Waals surface area contributed by atoms with Crippen molar-refractivity contribution in [3.63, 3.8) is 0 Å². The Morgan fingerprint density at radius 2 is 1.85 bits per heavy atom. The number of nitrogens with one attached hydrogen (secondary N) is 1. The quantitative estimate of drug-likeness (QED) is 0.752. The zero-order chi connectivity index (χ0) is 20.0. The Kier molecular flexibility index (Phi) is 6.98. The fourth-order valence-corrected chi connectivity index (χ4v) is 4.18. The summed E-state index contributed by atoms with van der Waals surface area (Å²) in [7, 11) is -2.32. The van der Waals surface area contributed by atoms with Crippen LogP contribution in [0.2, 0.25) is 0 Å². The highest BCUT2D eigenvalue weighted by atomic mass is 32.2. The first kappa shape index (κ1) is 20.9. The van der Waals surface area contributed by atoms with Gasteiger partial charge in [-0.1, -0.05) is 36.4 Å². The lowest BCUT2D eigenvalue weighted by Crippen LogP contribution is -2.39. The van der Waals surface area contributed by atoms with Gasteiger partial charge in [0.15, 0.2) is 0 Å². The molecule has 0 saturated heterocycles. The van der Waals surface area contributed by atoms with Crippen molar-refractivity contribution in [2.24, 2.45) is 0 Å². The summed E-state index contributed by atoms with van der Waals surface area (Å²) in [6.45, 7) is 5.60. The van der Waals surface area contributed by atoms with Crippen molar-refractivity contribution in [2.75, 3.05) is 20.2 Å². The van der Waals surface area contributed by atoms with Crippen LogP contribution in [0.4, 0.5) is 0 Å². The van der Waals surface area contributed by atoms with Crippen molar-refractivity contribution in [1.29, 1.82) is 0 Å². The molecule has 0 spiro atoms. The molecule has 1 amide bonds. The smallest absolute Gasteiger partial charge is 0.244 e. The van der Waals surface area contributed by atoms with E-state index < -0.39 is 10.0 Å². The number of ether oxygens (including phenoxy) is 1. The van der Waals surface area contributed by atoms with Gasteiger partial charge >= 0.3 is 0 Å². The molecule has 27 heavy (non-hydrogen) atoms. The van der Waals surface area contributed by atoms with Gasteiger partial charge in [-0.05, 0) is 37.1 Å². The normalized spacial score (nSPS) is 12.4. The van der Waals surface area contributed by atoms with Crippen LogP contribution in [0.3, 0.4) is 0 Å². The lowest BCUT2D eigenvalue weighted by atomic mass is 10.1. The van der Waals surface area contributed by atoms with Crippen molar-refractivity contribution >= 4 is 15.9 Å². The Balaban J connectivity index is 2.10. The molecule has 0 bridgehead atoms. The van der Waals surface area contributed by atoms with E-state index in [9.17, 15) is 13.2 Å². The van der Waals surface area contributed by atoms with Crippen molar-refractivity contribution in [3.8, 4) is 5.75 Å². The second-order valence-electron chi connectivity index (χ2n) is 6.35. The maximum absolute atomic E-state index is 12.7. The first-order chi connectivity index (χ1) is 12.8. The highest BCUT2D eigenvalue weighted by Crippen LogP contribution is 2.24. The van der Waals surface area contributed by atoms with Gasteiger partial charge in [0.05, 0.1) is 13.2 Å². The molecule has 146 valence electrons. The molecule has 2 aromatic rings. The van der Waals surface area contributed by atoms with Gasteiger partial charge < -0.3 is 9.64 Å². The monoisotopic (exact) mass is 390 g/mol. The third-order valence-corrected chi connectivity index (χ3v) is 5.89. The number of hydrogen-bond acceptors (Lipinski definition) is 4. The summed E-state index contributed by atoms with van der Waals surface area (Å²) in [6.07, 6.45) is 0. The maximum Gasteiger partial charge on any atom is 0.244 e. The van der Waals surface area contributed by atoms with E-state index in [0.717, 1.165) is 11.1 Å². The number of amides is 1. The Bertz CT molecular complexity index is 882. The molecule has 0 heterocycles. The molecule has 1 atom stereocenters. The van der Waals surface area contributed by atoms with E-state index >= 15 is 0 Å². The number of rotatable bonds is 8. The summed E-state index contributed by atoms with van der Waals surface area (Å²) in [5, 5.41) is 0. The number of benzene rings is 2. The van der Waals surface area contributed by atoms with Crippen molar-refractivity contribution in [1.82, 2.24) is 9.62 Å². The predicted octanol–water partition coefficient (Wildman–Crippen LogP) is 2.89. The molecular formula is C20H26N2O4S. The Labute approximate surface area is 161 Å². The Morgan fingerprint density at radius 3 is 2.44 bits per heavy atom. The van der Waals surface area contributed by atoms with E-state index in [4.69, 9.17) is 4.74 Å². The molecule has 0 aliphatic heterocycles. The minimum Gasteiger partial charge on any atom is -0.495 e. The molecule has 6 nitrogen and oxygen atoms in total. The molecule has 0 radical (unpaired) electrons. The van der Waals surface area contributed by atoms with E-state index in [2.05, 4.69) is 4.72 Å². The van der Waals surface area contributed by atoms with Gasteiger partial charge in [-0.2, -0.15) is 0 Å². The third kappa shape index (κ3) is 5.30. The average Bonchev–Trinajstić information content (AvgIpc) is 2.65. The third-order valence-electron chi connectivity index (χ3n) is 4.41. The van der Waals surface area contributed by atoms with Gasteiger partial charge in [0.2, 0.25) is 15.9 Å². The lowest BCUT2D eigenvalue weighted by molar-refractivity contribution is -0.130. The second kappa shape index (κ2) is 9.01. The second-order valence-corrected chi connectivity index (χ2v) is 8.09. The zero-order valence-electron chi connectivity index (χ0n) is 16.1. The summed E-state index contributed by atoms with van der Waals surface area (Å²) in [5.74, 6) is 0.174. The first-order valence-corrected chi connectivity index (χ1v) is 10.2. The van der Waals surface area contributed by atoms with E-state index in [1.165, 1.54) is 14.0 Å². The molecule has 0 saturated carbocycles. The lowest BCUT2D eigenvalue weighted by Gasteiger charge is -2.28. The molecule has 1 N–H and O–H groups in total. The number of sulfonamides is 1. The molecule has 1 unspecified atom stereocenters. The Morgan fingerprint density at radius 1 is 1.19 bits per heavy atom. The van der Waals surface area contributed by atoms with Gasteiger partial charge in [-0.15, -0.1) is 0 Å². The molecule has 7 heteroatoms. The fourth-order valence-electron chi connectivity index (χ4n) is 2.91. The Hall–Kier alpha value is -2.38. The van der Waals surface area contributed by atoms with Crippen molar-refractivity contribution < 1.29 is 17.9 Å². The number of carbonyl (C=O) groups excluding carboxylic acids is 1. The summed E-state index contributed by atoms with van der Waals surface area (Å²) in [6, 6.07) is 14.5. The summed E-state index contributed by atoms with van der Waals surface area (Å²) in [5.41, 5.74) is 1.81. The molecule has 2 rings (SSSR count). The number of methoxy groups -OCH3 is 1. The van der Waals surface area contributed by atoms with Gasteiger partial charge in [0, 0.05) is 20.0 Å². The highest BCUT2D eigenvalue weighted by molar-refractivity contribution is 7.89. The summed E-state index contributed by atoms with van der Waals surface area (Å²) < 4.78 is 33.1. The van der Waals surface area contributed by atoms with Gasteiger partial charge in [0.1, 0.15) is 10.6 Å². The van der Waals surface area contributed by atoms with Crippen LogP contribution in [0.25, 0.3) is 0 Å². The van der Waals surface area contributed by atoms with Crippen LogP contribution in [0, 0.1) is 6.92 Å². The molecule has 2 aromatic carbocycles. The SMILES string of the molecule is COc1ccc(C)cc1S(=O)(=O)NCCN(C(C)=O)C(C)c1ccccc1. The minimum absolute atomic E-state index is 0.0930. The van der Waals surface area contributed by atoms with Gasteiger partial charge in [0.25, 0.3) is 0 Å². The van der Waals surface area contributed by atoms with Crippen molar-refractivity contribution in [2.45, 2.75) is 31.7 Å². The number of hydrogen-bond donors (Lipinski definition) is 1. The number of carbonyl (C=O) groups is 1. The zero-order valence-corrected chi connectivity index (χ0v) is 16.9. The van der Waals surface area contributed by atoms with Crippen LogP contribution in [0.5, 0.6) is 5.75 Å². The molecular weight excluding hydrogens is 364 g/mol.